The normalized spacial score (nSPS) is 9.85. The average Bonchev–Trinajstić information content (AvgIpc) is 2.63. The van der Waals surface area contributed by atoms with Crippen molar-refractivity contribution in [2.45, 2.75) is 13.0 Å². The number of hydrogen-bond acceptors (Lipinski definition) is 3. The number of aromatic nitrogens is 2. The van der Waals surface area contributed by atoms with Gasteiger partial charge in [0.05, 0.1) is 19.2 Å². The van der Waals surface area contributed by atoms with Gasteiger partial charge in [-0.3, -0.25) is 0 Å². The maximum absolute atomic E-state index is 4.97. The van der Waals surface area contributed by atoms with Crippen molar-refractivity contribution in [2.75, 3.05) is 13.2 Å². The molecule has 0 unspecified atom stereocenters. The van der Waals surface area contributed by atoms with Crippen molar-refractivity contribution in [3.63, 3.8) is 0 Å². The maximum atomic E-state index is 4.97. The Bertz CT molecular complexity index is 221. The molecule has 4 nitrogen and oxygen atoms in total. The van der Waals surface area contributed by atoms with E-state index in [0.29, 0.717) is 0 Å². The molecule has 13 heavy (non-hydrogen) atoms. The van der Waals surface area contributed by atoms with Gasteiger partial charge in [-0.2, -0.15) is 0 Å². The zero-order valence-electron chi connectivity index (χ0n) is 7.62. The van der Waals surface area contributed by atoms with Gasteiger partial charge in [0, 0.05) is 18.4 Å². The van der Waals surface area contributed by atoms with Gasteiger partial charge in [0.25, 0.3) is 0 Å². The van der Waals surface area contributed by atoms with Gasteiger partial charge in [-0.05, 0) is 13.0 Å². The standard InChI is InChI=1S/C9H15N3O/c1-2-13-5-3-4-10-6-9-7-11-8-12-9/h2,7-8,10H,1,3-6H2,(H,11,12). The number of nitrogens with zero attached hydrogens (tertiary/aromatic N) is 1. The molecule has 0 atom stereocenters. The largest absolute Gasteiger partial charge is 0.502 e. The van der Waals surface area contributed by atoms with Crippen LogP contribution in [0.25, 0.3) is 0 Å². The molecule has 1 rings (SSSR count). The molecule has 0 aliphatic carbocycles. The van der Waals surface area contributed by atoms with Crippen LogP contribution in [0.5, 0.6) is 0 Å². The SMILES string of the molecule is C=COCCCNCc1cnc[nH]1. The molecule has 0 aliphatic rings. The molecule has 0 amide bonds. The van der Waals surface area contributed by atoms with E-state index in [1.54, 1.807) is 6.33 Å². The Morgan fingerprint density at radius 1 is 1.69 bits per heavy atom. The molecule has 1 heterocycles. The molecule has 1 aromatic heterocycles. The number of H-pyrrole nitrogens is 1. The van der Waals surface area contributed by atoms with Crippen LogP contribution in [0, 0.1) is 0 Å². The van der Waals surface area contributed by atoms with Gasteiger partial charge in [-0.15, -0.1) is 0 Å². The van der Waals surface area contributed by atoms with Gasteiger partial charge >= 0.3 is 0 Å². The van der Waals surface area contributed by atoms with Gasteiger partial charge in [0.15, 0.2) is 0 Å². The van der Waals surface area contributed by atoms with Crippen LogP contribution in [0.3, 0.4) is 0 Å². The molecule has 0 saturated heterocycles. The second-order valence-corrected chi connectivity index (χ2v) is 2.64. The van der Waals surface area contributed by atoms with Crippen molar-refractivity contribution in [3.05, 3.63) is 31.1 Å². The summed E-state index contributed by atoms with van der Waals surface area (Å²) in [6, 6.07) is 0. The highest BCUT2D eigenvalue weighted by Gasteiger charge is 1.91. The van der Waals surface area contributed by atoms with Crippen LogP contribution in [0.4, 0.5) is 0 Å². The van der Waals surface area contributed by atoms with Crippen molar-refractivity contribution in [1.29, 1.82) is 0 Å². The number of aromatic amines is 1. The fourth-order valence-electron chi connectivity index (χ4n) is 0.968. The number of ether oxygens (including phenoxy) is 1. The van der Waals surface area contributed by atoms with Gasteiger partial charge in [-0.25, -0.2) is 4.98 Å². The first-order valence-corrected chi connectivity index (χ1v) is 4.34. The fourth-order valence-corrected chi connectivity index (χ4v) is 0.968. The molecule has 0 radical (unpaired) electrons. The van der Waals surface area contributed by atoms with E-state index in [1.165, 1.54) is 6.26 Å². The van der Waals surface area contributed by atoms with Crippen LogP contribution in [0.2, 0.25) is 0 Å². The van der Waals surface area contributed by atoms with Crippen molar-refractivity contribution in [1.82, 2.24) is 15.3 Å². The Morgan fingerprint density at radius 3 is 3.31 bits per heavy atom. The highest BCUT2D eigenvalue weighted by atomic mass is 16.5. The van der Waals surface area contributed by atoms with Gasteiger partial charge in [0.1, 0.15) is 0 Å². The monoisotopic (exact) mass is 181 g/mol. The molecule has 0 aromatic carbocycles. The Hall–Kier alpha value is -1.29. The average molecular weight is 181 g/mol. The summed E-state index contributed by atoms with van der Waals surface area (Å²) < 4.78 is 4.97. The summed E-state index contributed by atoms with van der Waals surface area (Å²) in [5.41, 5.74) is 1.10. The molecule has 0 aliphatic heterocycles. The third-order valence-corrected chi connectivity index (χ3v) is 1.60. The van der Waals surface area contributed by atoms with Crippen LogP contribution in [0.15, 0.2) is 25.4 Å². The second-order valence-electron chi connectivity index (χ2n) is 2.64. The lowest BCUT2D eigenvalue weighted by Gasteiger charge is -2.02. The predicted octanol–water partition coefficient (Wildman–Crippen LogP) is 1.05. The molecule has 0 bridgehead atoms. The summed E-state index contributed by atoms with van der Waals surface area (Å²) in [5.74, 6) is 0. The Balaban J connectivity index is 1.93. The Morgan fingerprint density at radius 2 is 2.62 bits per heavy atom. The quantitative estimate of drug-likeness (QED) is 0.488. The summed E-state index contributed by atoms with van der Waals surface area (Å²) in [4.78, 5) is 6.94. The van der Waals surface area contributed by atoms with Gasteiger partial charge < -0.3 is 15.0 Å². The smallest absolute Gasteiger partial charge is 0.0922 e. The van der Waals surface area contributed by atoms with Crippen LogP contribution in [-0.2, 0) is 11.3 Å². The predicted molar refractivity (Wildman–Crippen MR) is 51.1 cm³/mol. The maximum Gasteiger partial charge on any atom is 0.0922 e. The molecule has 0 saturated carbocycles. The summed E-state index contributed by atoms with van der Waals surface area (Å²) in [6.07, 6.45) is 5.94. The summed E-state index contributed by atoms with van der Waals surface area (Å²) in [7, 11) is 0. The third kappa shape index (κ3) is 4.32. The van der Waals surface area contributed by atoms with E-state index in [-0.39, 0.29) is 0 Å². The van der Waals surface area contributed by atoms with E-state index in [0.717, 1.165) is 31.8 Å². The minimum atomic E-state index is 0.722. The molecule has 72 valence electrons. The highest BCUT2D eigenvalue weighted by Crippen LogP contribution is 1.89. The van der Waals surface area contributed by atoms with Crippen molar-refractivity contribution < 1.29 is 4.74 Å². The first-order valence-electron chi connectivity index (χ1n) is 4.34. The van der Waals surface area contributed by atoms with E-state index in [9.17, 15) is 0 Å². The van der Waals surface area contributed by atoms with E-state index in [1.807, 2.05) is 6.20 Å². The van der Waals surface area contributed by atoms with E-state index in [2.05, 4.69) is 21.9 Å². The molecule has 0 fully saturated rings. The minimum absolute atomic E-state index is 0.722. The van der Waals surface area contributed by atoms with Crippen LogP contribution < -0.4 is 5.32 Å². The molecule has 0 spiro atoms. The number of imidazole rings is 1. The Kier molecular flexibility index (Phi) is 4.71. The van der Waals surface area contributed by atoms with Crippen LogP contribution in [0.1, 0.15) is 12.1 Å². The third-order valence-electron chi connectivity index (χ3n) is 1.60. The van der Waals surface area contributed by atoms with Crippen molar-refractivity contribution >= 4 is 0 Å². The van der Waals surface area contributed by atoms with E-state index in [4.69, 9.17) is 4.74 Å². The molecular formula is C9H15N3O. The molecule has 2 N–H and O–H groups in total. The van der Waals surface area contributed by atoms with Gasteiger partial charge in [-0.1, -0.05) is 6.58 Å². The minimum Gasteiger partial charge on any atom is -0.502 e. The number of rotatable bonds is 7. The first kappa shape index (κ1) is 9.80. The van der Waals surface area contributed by atoms with Gasteiger partial charge in [0.2, 0.25) is 0 Å². The molecule has 4 heteroatoms. The first-order chi connectivity index (χ1) is 6.43. The number of hydrogen-bond donors (Lipinski definition) is 2. The topological polar surface area (TPSA) is 49.9 Å². The summed E-state index contributed by atoms with van der Waals surface area (Å²) >= 11 is 0. The fraction of sp³-hybridized carbons (Fsp3) is 0.444. The number of nitrogens with one attached hydrogen (secondary N) is 2. The van der Waals surface area contributed by atoms with Crippen molar-refractivity contribution in [3.8, 4) is 0 Å². The van der Waals surface area contributed by atoms with Crippen LogP contribution >= 0.6 is 0 Å². The lowest BCUT2D eigenvalue weighted by Crippen LogP contribution is -2.16. The zero-order chi connectivity index (χ0) is 9.36. The zero-order valence-corrected chi connectivity index (χ0v) is 7.62. The van der Waals surface area contributed by atoms with E-state index < -0.39 is 0 Å². The summed E-state index contributed by atoms with van der Waals surface area (Å²) in [5, 5.41) is 3.26. The summed E-state index contributed by atoms with van der Waals surface area (Å²) in [6.45, 7) is 5.95. The Labute approximate surface area is 78.0 Å². The van der Waals surface area contributed by atoms with Crippen molar-refractivity contribution in [2.24, 2.45) is 0 Å². The molecular weight excluding hydrogens is 166 g/mol. The van der Waals surface area contributed by atoms with E-state index >= 15 is 0 Å². The second kappa shape index (κ2) is 6.25. The lowest BCUT2D eigenvalue weighted by atomic mass is 10.4. The highest BCUT2D eigenvalue weighted by molar-refractivity contribution is 4.92. The molecule has 1 aromatic rings. The lowest BCUT2D eigenvalue weighted by molar-refractivity contribution is 0.244. The van der Waals surface area contributed by atoms with Crippen LogP contribution in [-0.4, -0.2) is 23.1 Å².